The van der Waals surface area contributed by atoms with E-state index in [4.69, 9.17) is 16.3 Å². The molecule has 0 bridgehead atoms. The third kappa shape index (κ3) is 4.61. The van der Waals surface area contributed by atoms with Crippen LogP contribution in [-0.2, 0) is 14.6 Å². The summed E-state index contributed by atoms with van der Waals surface area (Å²) < 4.78 is 29.6. The van der Waals surface area contributed by atoms with Gasteiger partial charge in [-0.1, -0.05) is 27.5 Å². The highest BCUT2D eigenvalue weighted by Gasteiger charge is 2.34. The van der Waals surface area contributed by atoms with Crippen molar-refractivity contribution in [1.29, 1.82) is 0 Å². The molecule has 8 heteroatoms. The van der Waals surface area contributed by atoms with Crippen molar-refractivity contribution in [2.75, 3.05) is 24.7 Å². The van der Waals surface area contributed by atoms with E-state index in [-0.39, 0.29) is 30.1 Å². The predicted octanol–water partition coefficient (Wildman–Crippen LogP) is 2.83. The quantitative estimate of drug-likeness (QED) is 0.729. The van der Waals surface area contributed by atoms with Crippen molar-refractivity contribution in [3.8, 4) is 5.75 Å². The van der Waals surface area contributed by atoms with Crippen LogP contribution in [0, 0.1) is 6.92 Å². The maximum absolute atomic E-state index is 12.4. The minimum atomic E-state index is -3.03. The van der Waals surface area contributed by atoms with Gasteiger partial charge >= 0.3 is 0 Å². The molecule has 1 atom stereocenters. The van der Waals surface area contributed by atoms with E-state index in [2.05, 4.69) is 15.9 Å². The largest absolute Gasteiger partial charge is 0.482 e. The average Bonchev–Trinajstić information content (AvgIpc) is 2.78. The van der Waals surface area contributed by atoms with Gasteiger partial charge in [0.25, 0.3) is 5.91 Å². The number of hydrogen-bond donors (Lipinski definition) is 0. The lowest BCUT2D eigenvalue weighted by Crippen LogP contribution is -2.43. The molecule has 2 rings (SSSR count). The van der Waals surface area contributed by atoms with Crippen molar-refractivity contribution in [1.82, 2.24) is 4.90 Å². The Hall–Kier alpha value is -0.790. The standard InChI is InChI=1S/C15H19BrClNO4S/c1-3-18(12-4-5-23(20,21)9-12)14(19)8-22-15-10(2)6-11(16)7-13(15)17/h6-7,12H,3-5,8-9H2,1-2H3/t12-/m1/s1. The molecule has 0 unspecified atom stereocenters. The van der Waals surface area contributed by atoms with Crippen LogP contribution in [0.2, 0.25) is 5.02 Å². The van der Waals surface area contributed by atoms with E-state index < -0.39 is 9.84 Å². The topological polar surface area (TPSA) is 63.7 Å². The van der Waals surface area contributed by atoms with Gasteiger partial charge in [0.2, 0.25) is 0 Å². The predicted molar refractivity (Wildman–Crippen MR) is 93.8 cm³/mol. The molecule has 5 nitrogen and oxygen atoms in total. The molecule has 0 spiro atoms. The van der Waals surface area contributed by atoms with Crippen molar-refractivity contribution in [3.05, 3.63) is 27.2 Å². The molecule has 1 aromatic carbocycles. The van der Waals surface area contributed by atoms with E-state index >= 15 is 0 Å². The number of amides is 1. The average molecular weight is 425 g/mol. The van der Waals surface area contributed by atoms with Crippen molar-refractivity contribution in [2.45, 2.75) is 26.3 Å². The first-order valence-corrected chi connectivity index (χ1v) is 10.3. The highest BCUT2D eigenvalue weighted by atomic mass is 79.9. The van der Waals surface area contributed by atoms with Gasteiger partial charge in [-0.15, -0.1) is 0 Å². The summed E-state index contributed by atoms with van der Waals surface area (Å²) in [7, 11) is -3.03. The van der Waals surface area contributed by atoms with Crippen molar-refractivity contribution in [3.63, 3.8) is 0 Å². The fraction of sp³-hybridized carbons (Fsp3) is 0.533. The Balaban J connectivity index is 2.04. The van der Waals surface area contributed by atoms with Gasteiger partial charge in [-0.3, -0.25) is 4.79 Å². The second kappa shape index (κ2) is 7.40. The molecule has 128 valence electrons. The van der Waals surface area contributed by atoms with Crippen LogP contribution in [0.1, 0.15) is 18.9 Å². The van der Waals surface area contributed by atoms with Crippen molar-refractivity contribution >= 4 is 43.3 Å². The zero-order valence-electron chi connectivity index (χ0n) is 13.0. The zero-order valence-corrected chi connectivity index (χ0v) is 16.2. The van der Waals surface area contributed by atoms with Crippen LogP contribution in [0.4, 0.5) is 0 Å². The van der Waals surface area contributed by atoms with Gasteiger partial charge in [-0.05, 0) is 38.0 Å². The summed E-state index contributed by atoms with van der Waals surface area (Å²) >= 11 is 9.48. The molecule has 0 saturated carbocycles. The second-order valence-electron chi connectivity index (χ2n) is 5.56. The lowest BCUT2D eigenvalue weighted by molar-refractivity contribution is -0.135. The first kappa shape index (κ1) is 18.5. The number of aryl methyl sites for hydroxylation is 1. The Bertz CT molecular complexity index is 684. The Morgan fingerprint density at radius 2 is 2.17 bits per heavy atom. The number of ether oxygens (including phenoxy) is 1. The summed E-state index contributed by atoms with van der Waals surface area (Å²) in [5.74, 6) is 0.413. The number of carbonyl (C=O) groups excluding carboxylic acids is 1. The van der Waals surface area contributed by atoms with Gasteiger partial charge in [0.05, 0.1) is 16.5 Å². The van der Waals surface area contributed by atoms with Crippen LogP contribution in [0.25, 0.3) is 0 Å². The van der Waals surface area contributed by atoms with Gasteiger partial charge in [-0.25, -0.2) is 8.42 Å². The molecule has 1 fully saturated rings. The number of rotatable bonds is 5. The van der Waals surface area contributed by atoms with Crippen LogP contribution < -0.4 is 4.74 Å². The van der Waals surface area contributed by atoms with E-state index in [0.717, 1.165) is 10.0 Å². The summed E-state index contributed by atoms with van der Waals surface area (Å²) in [6.45, 7) is 3.97. The summed E-state index contributed by atoms with van der Waals surface area (Å²) in [5.41, 5.74) is 0.823. The number of nitrogens with zero attached hydrogens (tertiary/aromatic N) is 1. The molecule has 0 aromatic heterocycles. The smallest absolute Gasteiger partial charge is 0.260 e. The first-order chi connectivity index (χ1) is 10.7. The minimum absolute atomic E-state index is 0.0324. The number of likely N-dealkylation sites (N-methyl/N-ethyl adjacent to an activating group) is 1. The third-order valence-corrected chi connectivity index (χ3v) is 6.33. The van der Waals surface area contributed by atoms with E-state index in [1.165, 1.54) is 0 Å². The minimum Gasteiger partial charge on any atom is -0.482 e. The highest BCUT2D eigenvalue weighted by molar-refractivity contribution is 9.10. The first-order valence-electron chi connectivity index (χ1n) is 7.32. The lowest BCUT2D eigenvalue weighted by atomic mass is 10.2. The molecule has 1 aliphatic heterocycles. The molecule has 0 aliphatic carbocycles. The Labute approximate surface area is 150 Å². The molecule has 23 heavy (non-hydrogen) atoms. The summed E-state index contributed by atoms with van der Waals surface area (Å²) in [6, 6.07) is 3.30. The molecule has 0 radical (unpaired) electrons. The number of hydrogen-bond acceptors (Lipinski definition) is 4. The second-order valence-corrected chi connectivity index (χ2v) is 9.11. The Morgan fingerprint density at radius 1 is 1.48 bits per heavy atom. The molecule has 1 aromatic rings. The maximum Gasteiger partial charge on any atom is 0.260 e. The van der Waals surface area contributed by atoms with E-state index in [1.807, 2.05) is 19.9 Å². The monoisotopic (exact) mass is 423 g/mol. The van der Waals surface area contributed by atoms with Crippen LogP contribution >= 0.6 is 27.5 Å². The molecule has 1 saturated heterocycles. The molecular formula is C15H19BrClNO4S. The molecular weight excluding hydrogens is 406 g/mol. The molecule has 1 aliphatic rings. The number of benzene rings is 1. The van der Waals surface area contributed by atoms with Crippen molar-refractivity contribution < 1.29 is 17.9 Å². The van der Waals surface area contributed by atoms with Gasteiger partial charge in [0.1, 0.15) is 5.75 Å². The normalized spacial score (nSPS) is 19.6. The molecule has 1 heterocycles. The maximum atomic E-state index is 12.4. The summed E-state index contributed by atoms with van der Waals surface area (Å²) in [4.78, 5) is 14.0. The number of carbonyl (C=O) groups is 1. The fourth-order valence-corrected chi connectivity index (χ4v) is 5.50. The molecule has 0 N–H and O–H groups in total. The Kier molecular flexibility index (Phi) is 5.97. The van der Waals surface area contributed by atoms with Crippen LogP contribution in [0.5, 0.6) is 5.75 Å². The molecule has 1 amide bonds. The van der Waals surface area contributed by atoms with E-state index in [9.17, 15) is 13.2 Å². The fourth-order valence-electron chi connectivity index (χ4n) is 2.75. The Morgan fingerprint density at radius 3 is 2.70 bits per heavy atom. The van der Waals surface area contributed by atoms with E-state index in [1.54, 1.807) is 11.0 Å². The third-order valence-electron chi connectivity index (χ3n) is 3.84. The SMILES string of the molecule is CCN(C(=O)COc1c(C)cc(Br)cc1Cl)[C@@H]1CCS(=O)(=O)C1. The lowest BCUT2D eigenvalue weighted by Gasteiger charge is -2.27. The number of sulfone groups is 1. The summed E-state index contributed by atoms with van der Waals surface area (Å²) in [6.07, 6.45) is 0.486. The number of halogens is 2. The van der Waals surface area contributed by atoms with Crippen LogP contribution in [0.15, 0.2) is 16.6 Å². The van der Waals surface area contributed by atoms with Crippen molar-refractivity contribution in [2.24, 2.45) is 0 Å². The summed E-state index contributed by atoms with van der Waals surface area (Å²) in [5, 5.41) is 0.427. The van der Waals surface area contributed by atoms with Gasteiger partial charge < -0.3 is 9.64 Å². The van der Waals surface area contributed by atoms with E-state index in [0.29, 0.717) is 23.7 Å². The van der Waals surface area contributed by atoms with Gasteiger partial charge in [0, 0.05) is 17.1 Å². The van der Waals surface area contributed by atoms with Crippen LogP contribution in [-0.4, -0.2) is 49.9 Å². The van der Waals surface area contributed by atoms with Gasteiger partial charge in [-0.2, -0.15) is 0 Å². The van der Waals surface area contributed by atoms with Gasteiger partial charge in [0.15, 0.2) is 16.4 Å². The van der Waals surface area contributed by atoms with Crippen LogP contribution in [0.3, 0.4) is 0 Å². The zero-order chi connectivity index (χ0) is 17.2. The highest BCUT2D eigenvalue weighted by Crippen LogP contribution is 2.32.